The lowest BCUT2D eigenvalue weighted by Crippen LogP contribution is -2.50. The van der Waals surface area contributed by atoms with Gasteiger partial charge in [0.2, 0.25) is 5.91 Å². The molecule has 8 heteroatoms. The largest absolute Gasteiger partial charge is 0.449 e. The van der Waals surface area contributed by atoms with Gasteiger partial charge in [-0.3, -0.25) is 9.69 Å². The van der Waals surface area contributed by atoms with Crippen LogP contribution in [0.1, 0.15) is 38.5 Å². The lowest BCUT2D eigenvalue weighted by molar-refractivity contribution is -0.139. The van der Waals surface area contributed by atoms with Gasteiger partial charge in [0.05, 0.1) is 23.4 Å². The molecule has 0 aromatic heterocycles. The maximum atomic E-state index is 15.1. The highest BCUT2D eigenvalue weighted by atomic mass is 19.1. The van der Waals surface area contributed by atoms with Crippen LogP contribution in [0.15, 0.2) is 18.2 Å². The van der Waals surface area contributed by atoms with Crippen molar-refractivity contribution in [1.29, 1.82) is 0 Å². The molecule has 4 aliphatic heterocycles. The summed E-state index contributed by atoms with van der Waals surface area (Å²) < 4.78 is 25.7. The lowest BCUT2D eigenvalue weighted by Gasteiger charge is -2.41. The number of halogens is 1. The number of benzene rings is 1. The number of carbonyl (C=O) groups excluding carboxylic acids is 2. The number of ether oxygens (including phenoxy) is 2. The zero-order chi connectivity index (χ0) is 21.4. The van der Waals surface area contributed by atoms with Gasteiger partial charge in [-0.15, -0.1) is 0 Å². The summed E-state index contributed by atoms with van der Waals surface area (Å²) in [6.07, 6.45) is 4.67. The predicted octanol–water partition coefficient (Wildman–Crippen LogP) is 3.17. The van der Waals surface area contributed by atoms with Gasteiger partial charge in [-0.2, -0.15) is 0 Å². The number of hydrogen-bond acceptors (Lipinski definition) is 5. The van der Waals surface area contributed by atoms with E-state index in [0.717, 1.165) is 64.8 Å². The Hall–Kier alpha value is -2.35. The number of anilines is 2. The highest BCUT2D eigenvalue weighted by molar-refractivity contribution is 5.89. The molecule has 0 N–H and O–H groups in total. The number of piperidine rings is 1. The maximum absolute atomic E-state index is 15.1. The van der Waals surface area contributed by atoms with Crippen LogP contribution in [0.2, 0.25) is 0 Å². The molecule has 4 fully saturated rings. The maximum Gasteiger partial charge on any atom is 0.414 e. The zero-order valence-corrected chi connectivity index (χ0v) is 17.9. The highest BCUT2D eigenvalue weighted by Gasteiger charge is 2.50. The Labute approximate surface area is 182 Å². The van der Waals surface area contributed by atoms with Crippen molar-refractivity contribution in [3.8, 4) is 0 Å². The molecule has 5 rings (SSSR count). The fourth-order valence-electron chi connectivity index (χ4n) is 5.61. The lowest BCUT2D eigenvalue weighted by atomic mass is 9.78. The van der Waals surface area contributed by atoms with Crippen LogP contribution in [-0.2, 0) is 14.3 Å². The van der Waals surface area contributed by atoms with Crippen molar-refractivity contribution >= 4 is 23.4 Å². The van der Waals surface area contributed by atoms with Crippen molar-refractivity contribution in [3.05, 3.63) is 24.0 Å². The van der Waals surface area contributed by atoms with E-state index in [-0.39, 0.29) is 17.8 Å². The molecule has 4 saturated heterocycles. The molecule has 0 bridgehead atoms. The topological polar surface area (TPSA) is 62.3 Å². The average Bonchev–Trinajstić information content (AvgIpc) is 3.10. The molecule has 0 radical (unpaired) electrons. The van der Waals surface area contributed by atoms with E-state index in [2.05, 4.69) is 4.90 Å². The van der Waals surface area contributed by atoms with Gasteiger partial charge < -0.3 is 19.3 Å². The quantitative estimate of drug-likeness (QED) is 0.736. The van der Waals surface area contributed by atoms with E-state index in [1.54, 1.807) is 12.1 Å². The molecule has 1 aromatic carbocycles. The van der Waals surface area contributed by atoms with E-state index in [1.165, 1.54) is 11.0 Å². The van der Waals surface area contributed by atoms with Crippen LogP contribution in [0.3, 0.4) is 0 Å². The molecule has 0 aliphatic carbocycles. The second-order valence-corrected chi connectivity index (χ2v) is 9.15. The van der Waals surface area contributed by atoms with Crippen molar-refractivity contribution in [2.45, 2.75) is 44.6 Å². The summed E-state index contributed by atoms with van der Waals surface area (Å²) in [6.45, 7) is 4.44. The Morgan fingerprint density at radius 3 is 2.61 bits per heavy atom. The molecular formula is C23H30FN3O4. The summed E-state index contributed by atoms with van der Waals surface area (Å²) in [5.41, 5.74) is 0.601. The standard InChI is InChI=1S/C23H30FN3O4/c24-19-15-18(27-10-2-12-31-22(27)29)3-4-20(19)25-9-1-7-23(16-25)8-11-26(21(23)28)17-5-13-30-14-6-17/h3-4,15,17H,1-2,5-14,16H2/t23-/m1/s1. The Bertz CT molecular complexity index is 859. The second-order valence-electron chi connectivity index (χ2n) is 9.15. The third kappa shape index (κ3) is 3.75. The van der Waals surface area contributed by atoms with E-state index in [0.29, 0.717) is 31.1 Å². The first kappa shape index (κ1) is 20.5. The van der Waals surface area contributed by atoms with Crippen LogP contribution < -0.4 is 9.80 Å². The summed E-state index contributed by atoms with van der Waals surface area (Å²) in [7, 11) is 0. The highest BCUT2D eigenvalue weighted by Crippen LogP contribution is 2.43. The summed E-state index contributed by atoms with van der Waals surface area (Å²) in [5, 5.41) is 0. The van der Waals surface area contributed by atoms with E-state index < -0.39 is 11.5 Å². The minimum Gasteiger partial charge on any atom is -0.449 e. The minimum absolute atomic E-state index is 0.234. The number of carbonyl (C=O) groups is 2. The molecule has 0 unspecified atom stereocenters. The SMILES string of the molecule is O=C1OCCCN1c1ccc(N2CCC[C@@]3(CCN(C4CCOCC4)C3=O)C2)c(F)c1. The van der Waals surface area contributed by atoms with Crippen LogP contribution in [-0.4, -0.2) is 68.9 Å². The molecule has 1 atom stereocenters. The summed E-state index contributed by atoms with van der Waals surface area (Å²) in [6, 6.07) is 5.20. The molecule has 4 aliphatic rings. The van der Waals surface area contributed by atoms with Gasteiger partial charge in [-0.25, -0.2) is 9.18 Å². The number of amides is 2. The Kier molecular flexibility index (Phi) is 5.50. The van der Waals surface area contributed by atoms with Gasteiger partial charge in [0, 0.05) is 45.4 Å². The molecule has 4 heterocycles. The molecule has 0 saturated carbocycles. The molecule has 31 heavy (non-hydrogen) atoms. The van der Waals surface area contributed by atoms with E-state index in [4.69, 9.17) is 9.47 Å². The first-order chi connectivity index (χ1) is 15.1. The van der Waals surface area contributed by atoms with E-state index in [9.17, 15) is 9.59 Å². The van der Waals surface area contributed by atoms with Crippen LogP contribution in [0.4, 0.5) is 20.6 Å². The van der Waals surface area contributed by atoms with Gasteiger partial charge in [-0.1, -0.05) is 0 Å². The van der Waals surface area contributed by atoms with E-state index >= 15 is 4.39 Å². The van der Waals surface area contributed by atoms with Gasteiger partial charge in [0.15, 0.2) is 0 Å². The van der Waals surface area contributed by atoms with Crippen LogP contribution >= 0.6 is 0 Å². The Morgan fingerprint density at radius 1 is 1.00 bits per heavy atom. The Morgan fingerprint density at radius 2 is 1.84 bits per heavy atom. The number of rotatable bonds is 3. The van der Waals surface area contributed by atoms with E-state index in [1.807, 2.05) is 4.90 Å². The first-order valence-electron chi connectivity index (χ1n) is 11.5. The zero-order valence-electron chi connectivity index (χ0n) is 17.9. The molecule has 168 valence electrons. The van der Waals surface area contributed by atoms with Gasteiger partial charge >= 0.3 is 6.09 Å². The average molecular weight is 432 g/mol. The van der Waals surface area contributed by atoms with Crippen molar-refractivity contribution in [2.24, 2.45) is 5.41 Å². The van der Waals surface area contributed by atoms with Gasteiger partial charge in [0.1, 0.15) is 5.82 Å². The van der Waals surface area contributed by atoms with Crippen molar-refractivity contribution in [1.82, 2.24) is 4.90 Å². The smallest absolute Gasteiger partial charge is 0.414 e. The first-order valence-corrected chi connectivity index (χ1v) is 11.5. The molecule has 1 spiro atoms. The normalized spacial score (nSPS) is 27.8. The summed E-state index contributed by atoms with van der Waals surface area (Å²) >= 11 is 0. The van der Waals surface area contributed by atoms with Gasteiger partial charge in [-0.05, 0) is 56.7 Å². The fourth-order valence-corrected chi connectivity index (χ4v) is 5.61. The predicted molar refractivity (Wildman–Crippen MR) is 114 cm³/mol. The molecule has 2 amide bonds. The third-order valence-corrected chi connectivity index (χ3v) is 7.31. The third-order valence-electron chi connectivity index (χ3n) is 7.31. The number of likely N-dealkylation sites (tertiary alicyclic amines) is 1. The summed E-state index contributed by atoms with van der Waals surface area (Å²) in [4.78, 5) is 31.0. The van der Waals surface area contributed by atoms with Crippen molar-refractivity contribution in [2.75, 3.05) is 55.8 Å². The van der Waals surface area contributed by atoms with Crippen LogP contribution in [0.25, 0.3) is 0 Å². The molecule has 7 nitrogen and oxygen atoms in total. The fraction of sp³-hybridized carbons (Fsp3) is 0.652. The molecule has 1 aromatic rings. The summed E-state index contributed by atoms with van der Waals surface area (Å²) in [5.74, 6) is -0.128. The number of nitrogens with zero attached hydrogens (tertiary/aromatic N) is 3. The van der Waals surface area contributed by atoms with Crippen LogP contribution in [0.5, 0.6) is 0 Å². The van der Waals surface area contributed by atoms with Crippen molar-refractivity contribution in [3.63, 3.8) is 0 Å². The minimum atomic E-state index is -0.430. The second kappa shape index (κ2) is 8.30. The monoisotopic (exact) mass is 431 g/mol. The Balaban J connectivity index is 1.32. The number of hydrogen-bond donors (Lipinski definition) is 0. The van der Waals surface area contributed by atoms with Crippen molar-refractivity contribution < 1.29 is 23.5 Å². The number of cyclic esters (lactones) is 1. The molecular weight excluding hydrogens is 401 g/mol. The van der Waals surface area contributed by atoms with Gasteiger partial charge in [0.25, 0.3) is 0 Å². The van der Waals surface area contributed by atoms with Crippen LogP contribution in [0, 0.1) is 11.2 Å².